The normalized spacial score (nSPS) is 17.4. The first-order chi connectivity index (χ1) is 14.7. The van der Waals surface area contributed by atoms with Crippen LogP contribution in [0.2, 0.25) is 0 Å². The number of methoxy groups -OCH3 is 2. The molecule has 0 spiro atoms. The van der Waals surface area contributed by atoms with Gasteiger partial charge in [0.2, 0.25) is 0 Å². The van der Waals surface area contributed by atoms with Gasteiger partial charge in [0.15, 0.2) is 11.3 Å². The number of benzene rings is 2. The molecule has 1 amide bonds. The number of amides is 1. The zero-order chi connectivity index (χ0) is 21.1. The summed E-state index contributed by atoms with van der Waals surface area (Å²) in [6, 6.07) is 13.2. The zero-order valence-electron chi connectivity index (χ0n) is 17.2. The van der Waals surface area contributed by atoms with Crippen LogP contribution >= 0.6 is 11.8 Å². The molecule has 2 aromatic rings. The Kier molecular flexibility index (Phi) is 5.94. The fraction of sp³-hybridized carbons (Fsp3) is 0.318. The molecule has 8 heteroatoms. The number of hydrogen-bond donors (Lipinski definition) is 1. The van der Waals surface area contributed by atoms with Gasteiger partial charge in [-0.2, -0.15) is 0 Å². The van der Waals surface area contributed by atoms with Crippen molar-refractivity contribution < 1.29 is 14.3 Å². The lowest BCUT2D eigenvalue weighted by Gasteiger charge is -2.34. The monoisotopic (exact) mass is 424 g/mol. The second-order valence-corrected chi connectivity index (χ2v) is 7.97. The predicted octanol–water partition coefficient (Wildman–Crippen LogP) is 2.38. The van der Waals surface area contributed by atoms with E-state index in [1.807, 2.05) is 42.5 Å². The molecule has 7 nitrogen and oxygen atoms in total. The highest BCUT2D eigenvalue weighted by Crippen LogP contribution is 2.37. The number of carbonyl (C=O) groups is 1. The van der Waals surface area contributed by atoms with Crippen LogP contribution in [0.5, 0.6) is 11.5 Å². The topological polar surface area (TPSA) is 75.5 Å². The van der Waals surface area contributed by atoms with Crippen LogP contribution in [-0.4, -0.2) is 36.1 Å². The number of nitrogens with one attached hydrogen (secondary N) is 1. The first-order valence-corrected chi connectivity index (χ1v) is 10.9. The third kappa shape index (κ3) is 3.75. The molecule has 0 unspecified atom stereocenters. The molecule has 2 aromatic carbocycles. The fourth-order valence-corrected chi connectivity index (χ4v) is 4.38. The molecule has 4 rings (SSSR count). The van der Waals surface area contributed by atoms with Gasteiger partial charge in [0.1, 0.15) is 17.2 Å². The molecule has 0 bridgehead atoms. The summed E-state index contributed by atoms with van der Waals surface area (Å²) >= 11 is 1.55. The quantitative estimate of drug-likeness (QED) is 0.721. The Morgan fingerprint density at radius 3 is 2.77 bits per heavy atom. The Labute approximate surface area is 179 Å². The molecule has 0 aromatic heterocycles. The Hall–Kier alpha value is -3.00. The van der Waals surface area contributed by atoms with Crippen molar-refractivity contribution in [3.63, 3.8) is 0 Å². The van der Waals surface area contributed by atoms with Crippen LogP contribution in [0.15, 0.2) is 52.6 Å². The van der Waals surface area contributed by atoms with Crippen molar-refractivity contribution >= 4 is 28.5 Å². The van der Waals surface area contributed by atoms with Crippen LogP contribution in [0.1, 0.15) is 31.5 Å². The van der Waals surface area contributed by atoms with E-state index in [0.717, 1.165) is 34.7 Å². The predicted molar refractivity (Wildman–Crippen MR) is 118 cm³/mol. The molecule has 0 saturated heterocycles. The van der Waals surface area contributed by atoms with Crippen LogP contribution in [-0.2, 0) is 4.79 Å². The molecule has 0 aliphatic carbocycles. The zero-order valence-corrected chi connectivity index (χ0v) is 18.0. The van der Waals surface area contributed by atoms with E-state index in [0.29, 0.717) is 22.4 Å². The average molecular weight is 425 g/mol. The average Bonchev–Trinajstić information content (AvgIpc) is 2.78. The highest BCUT2D eigenvalue weighted by atomic mass is 32.2. The van der Waals surface area contributed by atoms with Gasteiger partial charge in [0.05, 0.1) is 19.6 Å². The summed E-state index contributed by atoms with van der Waals surface area (Å²) in [5.74, 6) is 2.03. The van der Waals surface area contributed by atoms with E-state index < -0.39 is 6.17 Å². The van der Waals surface area contributed by atoms with Gasteiger partial charge < -0.3 is 9.47 Å². The van der Waals surface area contributed by atoms with Crippen LogP contribution in [0.3, 0.4) is 0 Å². The number of rotatable bonds is 6. The summed E-state index contributed by atoms with van der Waals surface area (Å²) in [7, 11) is 3.22. The fourth-order valence-electron chi connectivity index (χ4n) is 3.44. The van der Waals surface area contributed by atoms with Crippen LogP contribution in [0, 0.1) is 0 Å². The second kappa shape index (κ2) is 8.79. The van der Waals surface area contributed by atoms with Crippen molar-refractivity contribution in [2.75, 3.05) is 20.0 Å². The molecule has 0 fully saturated rings. The van der Waals surface area contributed by atoms with Gasteiger partial charge in [0, 0.05) is 22.6 Å². The van der Waals surface area contributed by atoms with Crippen molar-refractivity contribution in [3.8, 4) is 11.5 Å². The smallest absolute Gasteiger partial charge is 0.276 e. The second-order valence-electron chi connectivity index (χ2n) is 6.88. The van der Waals surface area contributed by atoms with Gasteiger partial charge in [-0.15, -0.1) is 5.10 Å². The first-order valence-electron chi connectivity index (χ1n) is 9.87. The van der Waals surface area contributed by atoms with Gasteiger partial charge in [-0.3, -0.25) is 15.1 Å². The van der Waals surface area contributed by atoms with Gasteiger partial charge in [-0.1, -0.05) is 43.3 Å². The maximum atomic E-state index is 13.1. The summed E-state index contributed by atoms with van der Waals surface area (Å²) in [4.78, 5) is 18.0. The standard InChI is InChI=1S/C22H24N4O3S/c1-4-5-12-30-22-24-21(27)19-15-8-6-7-9-17(15)23-20(26(19)25-22)16-11-10-14(28-2)13-18(16)29-3/h6-11,13,20H,4-5,12H2,1-3H3,(H,24,25,27)/t20-/m0/s1. The van der Waals surface area contributed by atoms with E-state index in [1.165, 1.54) is 0 Å². The number of thioether (sulfide) groups is 1. The molecule has 2 aliphatic heterocycles. The molecule has 156 valence electrons. The number of carbonyl (C=O) groups excluding carboxylic acids is 1. The van der Waals surface area contributed by atoms with Gasteiger partial charge in [-0.05, 0) is 24.6 Å². The Morgan fingerprint density at radius 2 is 2.00 bits per heavy atom. The SMILES string of the molecule is CCCCSC1=NN2C(=c3ccccc3=N[C@@H]2c2ccc(OC)cc2OC)C(=O)N1. The van der Waals surface area contributed by atoms with Crippen molar-refractivity contribution in [2.24, 2.45) is 10.1 Å². The minimum Gasteiger partial charge on any atom is -0.497 e. The molecular weight excluding hydrogens is 400 g/mol. The van der Waals surface area contributed by atoms with Crippen molar-refractivity contribution in [3.05, 3.63) is 58.6 Å². The van der Waals surface area contributed by atoms with E-state index in [9.17, 15) is 4.79 Å². The molecule has 1 atom stereocenters. The Bertz CT molecular complexity index is 1120. The number of fused-ring (bicyclic) bond motifs is 2. The number of unbranched alkanes of at least 4 members (excludes halogenated alkanes) is 1. The molecule has 0 saturated carbocycles. The number of nitrogens with zero attached hydrogens (tertiary/aromatic N) is 3. The van der Waals surface area contributed by atoms with E-state index in [-0.39, 0.29) is 5.91 Å². The van der Waals surface area contributed by atoms with E-state index in [2.05, 4.69) is 12.2 Å². The van der Waals surface area contributed by atoms with Gasteiger partial charge in [-0.25, -0.2) is 5.01 Å². The maximum Gasteiger partial charge on any atom is 0.276 e. The molecular formula is C22H24N4O3S. The Balaban J connectivity index is 1.86. The number of hydrazone groups is 1. The number of ether oxygens (including phenoxy) is 2. The van der Waals surface area contributed by atoms with E-state index in [4.69, 9.17) is 19.6 Å². The van der Waals surface area contributed by atoms with Crippen LogP contribution < -0.4 is 25.4 Å². The molecule has 0 radical (unpaired) electrons. The van der Waals surface area contributed by atoms with Crippen LogP contribution in [0.25, 0.3) is 5.70 Å². The first kappa shape index (κ1) is 20.3. The lowest BCUT2D eigenvalue weighted by molar-refractivity contribution is -0.116. The number of hydrogen-bond acceptors (Lipinski definition) is 7. The lowest BCUT2D eigenvalue weighted by Crippen LogP contribution is -2.50. The summed E-state index contributed by atoms with van der Waals surface area (Å²) < 4.78 is 10.9. The van der Waals surface area contributed by atoms with E-state index >= 15 is 0 Å². The third-order valence-electron chi connectivity index (χ3n) is 4.97. The van der Waals surface area contributed by atoms with Crippen molar-refractivity contribution in [2.45, 2.75) is 25.9 Å². The highest BCUT2D eigenvalue weighted by Gasteiger charge is 2.35. The van der Waals surface area contributed by atoms with Gasteiger partial charge >= 0.3 is 0 Å². The highest BCUT2D eigenvalue weighted by molar-refractivity contribution is 8.13. The summed E-state index contributed by atoms with van der Waals surface area (Å²) in [6.45, 7) is 2.14. The van der Waals surface area contributed by atoms with Crippen molar-refractivity contribution in [1.29, 1.82) is 0 Å². The molecule has 2 heterocycles. The number of para-hydroxylation sites is 1. The minimum atomic E-state index is -0.524. The maximum absolute atomic E-state index is 13.1. The third-order valence-corrected chi connectivity index (χ3v) is 5.92. The summed E-state index contributed by atoms with van der Waals surface area (Å²) in [5, 5.41) is 11.5. The number of amidine groups is 1. The van der Waals surface area contributed by atoms with Crippen molar-refractivity contribution in [1.82, 2.24) is 10.3 Å². The Morgan fingerprint density at radius 1 is 1.17 bits per heavy atom. The minimum absolute atomic E-state index is 0.177. The molecule has 30 heavy (non-hydrogen) atoms. The molecule has 2 aliphatic rings. The summed E-state index contributed by atoms with van der Waals surface area (Å²) in [6.07, 6.45) is 1.62. The molecule has 1 N–H and O–H groups in total. The van der Waals surface area contributed by atoms with Gasteiger partial charge in [0.25, 0.3) is 5.91 Å². The van der Waals surface area contributed by atoms with Crippen LogP contribution in [0.4, 0.5) is 0 Å². The summed E-state index contributed by atoms with van der Waals surface area (Å²) in [5.41, 5.74) is 1.30. The van der Waals surface area contributed by atoms with E-state index in [1.54, 1.807) is 31.0 Å². The lowest BCUT2D eigenvalue weighted by atomic mass is 10.1. The largest absolute Gasteiger partial charge is 0.497 e.